The maximum atomic E-state index is 12.4. The van der Waals surface area contributed by atoms with Gasteiger partial charge in [-0.3, -0.25) is 19.6 Å². The van der Waals surface area contributed by atoms with Crippen LogP contribution in [0.1, 0.15) is 33.6 Å². The maximum absolute atomic E-state index is 12.4. The van der Waals surface area contributed by atoms with Gasteiger partial charge in [0.25, 0.3) is 5.91 Å². The molecule has 1 aromatic heterocycles. The van der Waals surface area contributed by atoms with Gasteiger partial charge in [0.2, 0.25) is 0 Å². The zero-order valence-corrected chi connectivity index (χ0v) is 17.0. The van der Waals surface area contributed by atoms with Gasteiger partial charge in [-0.1, -0.05) is 18.2 Å². The number of ether oxygens (including phenoxy) is 1. The fraction of sp³-hybridized carbons (Fsp3) is 0.273. The second-order valence-corrected chi connectivity index (χ2v) is 7.05. The number of nitrogens with one attached hydrogen (secondary N) is 1. The van der Waals surface area contributed by atoms with E-state index in [1.807, 2.05) is 29.9 Å². The number of aryl methyl sites for hydroxylation is 3. The van der Waals surface area contributed by atoms with E-state index in [0.29, 0.717) is 12.1 Å². The average Bonchev–Trinajstić information content (AvgIpc) is 3.15. The zero-order chi connectivity index (χ0) is 21.5. The smallest absolute Gasteiger partial charge is 0.311 e. The van der Waals surface area contributed by atoms with Gasteiger partial charge in [0.1, 0.15) is 6.61 Å². The van der Waals surface area contributed by atoms with Gasteiger partial charge < -0.3 is 10.1 Å². The molecule has 8 heteroatoms. The van der Waals surface area contributed by atoms with Crippen LogP contribution in [0.5, 0.6) is 5.75 Å². The van der Waals surface area contributed by atoms with E-state index in [0.717, 1.165) is 29.8 Å². The van der Waals surface area contributed by atoms with Crippen LogP contribution in [-0.4, -0.2) is 27.2 Å². The predicted octanol–water partition coefficient (Wildman–Crippen LogP) is 3.81. The highest BCUT2D eigenvalue weighted by molar-refractivity contribution is 5.94. The number of aromatic nitrogens is 2. The molecule has 30 heavy (non-hydrogen) atoms. The maximum Gasteiger partial charge on any atom is 0.311 e. The molecule has 1 N–H and O–H groups in total. The van der Waals surface area contributed by atoms with Gasteiger partial charge in [-0.15, -0.1) is 0 Å². The molecule has 0 aliphatic heterocycles. The average molecular weight is 408 g/mol. The molecule has 3 rings (SSSR count). The second-order valence-electron chi connectivity index (χ2n) is 7.05. The molecule has 1 heterocycles. The lowest BCUT2D eigenvalue weighted by Gasteiger charge is -2.09. The van der Waals surface area contributed by atoms with E-state index < -0.39 is 4.92 Å². The van der Waals surface area contributed by atoms with Crippen molar-refractivity contribution in [3.05, 3.63) is 87.2 Å². The van der Waals surface area contributed by atoms with Gasteiger partial charge in [-0.2, -0.15) is 5.10 Å². The number of hydrogen-bond donors (Lipinski definition) is 1. The Kier molecular flexibility index (Phi) is 6.79. The molecule has 0 saturated carbocycles. The van der Waals surface area contributed by atoms with E-state index in [1.54, 1.807) is 37.3 Å². The van der Waals surface area contributed by atoms with Crippen molar-refractivity contribution in [2.24, 2.45) is 0 Å². The molecule has 0 aliphatic carbocycles. The lowest BCUT2D eigenvalue weighted by molar-refractivity contribution is -0.386. The Balaban J connectivity index is 1.54. The Labute approximate surface area is 174 Å². The molecule has 0 saturated heterocycles. The van der Waals surface area contributed by atoms with Crippen LogP contribution < -0.4 is 10.1 Å². The lowest BCUT2D eigenvalue weighted by atomic mass is 10.1. The largest absolute Gasteiger partial charge is 0.482 e. The molecule has 0 unspecified atom stereocenters. The predicted molar refractivity (Wildman–Crippen MR) is 113 cm³/mol. The first kappa shape index (κ1) is 21.0. The summed E-state index contributed by atoms with van der Waals surface area (Å²) in [5, 5.41) is 18.4. The van der Waals surface area contributed by atoms with Gasteiger partial charge >= 0.3 is 5.69 Å². The fourth-order valence-electron chi connectivity index (χ4n) is 2.99. The summed E-state index contributed by atoms with van der Waals surface area (Å²) in [6, 6.07) is 13.8. The first-order valence-corrected chi connectivity index (χ1v) is 9.67. The van der Waals surface area contributed by atoms with Crippen molar-refractivity contribution in [2.75, 3.05) is 6.54 Å². The number of amides is 1. The summed E-state index contributed by atoms with van der Waals surface area (Å²) in [5.74, 6) is 0.0316. The summed E-state index contributed by atoms with van der Waals surface area (Å²) in [5.41, 5.74) is 2.95. The second kappa shape index (κ2) is 9.69. The summed E-state index contributed by atoms with van der Waals surface area (Å²) in [6.45, 7) is 5.12. The summed E-state index contributed by atoms with van der Waals surface area (Å²) in [4.78, 5) is 23.2. The Bertz CT molecular complexity index is 1050. The van der Waals surface area contributed by atoms with E-state index in [4.69, 9.17) is 4.74 Å². The minimum Gasteiger partial charge on any atom is -0.482 e. The van der Waals surface area contributed by atoms with Crippen molar-refractivity contribution < 1.29 is 14.5 Å². The van der Waals surface area contributed by atoms with Gasteiger partial charge in [-0.25, -0.2) is 0 Å². The first-order valence-electron chi connectivity index (χ1n) is 9.67. The molecular weight excluding hydrogens is 384 g/mol. The molecule has 0 aliphatic rings. The van der Waals surface area contributed by atoms with Crippen molar-refractivity contribution in [2.45, 2.75) is 33.4 Å². The highest BCUT2D eigenvalue weighted by Crippen LogP contribution is 2.28. The fourth-order valence-corrected chi connectivity index (χ4v) is 2.99. The van der Waals surface area contributed by atoms with Crippen molar-refractivity contribution in [1.29, 1.82) is 0 Å². The molecule has 8 nitrogen and oxygen atoms in total. The molecule has 156 valence electrons. The summed E-state index contributed by atoms with van der Waals surface area (Å²) in [6.07, 6.45) is 2.69. The molecule has 0 spiro atoms. The highest BCUT2D eigenvalue weighted by atomic mass is 16.6. The van der Waals surface area contributed by atoms with Crippen molar-refractivity contribution in [3.8, 4) is 5.75 Å². The third-order valence-corrected chi connectivity index (χ3v) is 4.52. The summed E-state index contributed by atoms with van der Waals surface area (Å²) < 4.78 is 7.49. The van der Waals surface area contributed by atoms with Crippen LogP contribution in [0.2, 0.25) is 0 Å². The van der Waals surface area contributed by atoms with Crippen LogP contribution in [0.25, 0.3) is 0 Å². The van der Waals surface area contributed by atoms with Crippen LogP contribution in [0.3, 0.4) is 0 Å². The third kappa shape index (κ3) is 5.66. The Morgan fingerprint density at radius 3 is 2.77 bits per heavy atom. The molecule has 0 atom stereocenters. The van der Waals surface area contributed by atoms with Crippen LogP contribution in [0.15, 0.2) is 54.7 Å². The third-order valence-electron chi connectivity index (χ3n) is 4.52. The monoisotopic (exact) mass is 408 g/mol. The van der Waals surface area contributed by atoms with Gasteiger partial charge in [0.15, 0.2) is 5.75 Å². The Morgan fingerprint density at radius 1 is 1.20 bits per heavy atom. The summed E-state index contributed by atoms with van der Waals surface area (Å²) in [7, 11) is 0. The van der Waals surface area contributed by atoms with Gasteiger partial charge in [0, 0.05) is 30.9 Å². The van der Waals surface area contributed by atoms with E-state index >= 15 is 0 Å². The topological polar surface area (TPSA) is 99.3 Å². The molecule has 0 fully saturated rings. The standard InChI is InChI=1S/C22H24N4O4/c1-16-7-8-21(20(13-16)26(28)29)30-15-18-5-3-6-19(14-18)22(27)23-10-4-11-25-12-9-17(2)24-25/h3,5-9,12-14H,4,10-11,15H2,1-2H3,(H,23,27). The molecule has 0 radical (unpaired) electrons. The molecule has 3 aromatic rings. The normalized spacial score (nSPS) is 10.6. The van der Waals surface area contributed by atoms with Crippen molar-refractivity contribution >= 4 is 11.6 Å². The van der Waals surface area contributed by atoms with Crippen LogP contribution >= 0.6 is 0 Å². The van der Waals surface area contributed by atoms with E-state index in [2.05, 4.69) is 10.4 Å². The van der Waals surface area contributed by atoms with Gasteiger partial charge in [0.05, 0.1) is 10.6 Å². The minimum atomic E-state index is -0.462. The number of benzene rings is 2. The Morgan fingerprint density at radius 2 is 2.03 bits per heavy atom. The molecule has 0 bridgehead atoms. The van der Waals surface area contributed by atoms with E-state index in [1.165, 1.54) is 6.07 Å². The Hall–Kier alpha value is -3.68. The van der Waals surface area contributed by atoms with Crippen molar-refractivity contribution in [1.82, 2.24) is 15.1 Å². The van der Waals surface area contributed by atoms with Gasteiger partial charge in [-0.05, 0) is 55.7 Å². The molecule has 2 aromatic carbocycles. The number of carbonyl (C=O) groups is 1. The number of rotatable bonds is 9. The zero-order valence-electron chi connectivity index (χ0n) is 17.0. The minimum absolute atomic E-state index is 0.0729. The number of carbonyl (C=O) groups excluding carboxylic acids is 1. The number of nitro groups is 1. The van der Waals surface area contributed by atoms with E-state index in [9.17, 15) is 14.9 Å². The number of nitrogens with zero attached hydrogens (tertiary/aromatic N) is 3. The first-order chi connectivity index (χ1) is 14.4. The summed E-state index contributed by atoms with van der Waals surface area (Å²) >= 11 is 0. The van der Waals surface area contributed by atoms with Crippen LogP contribution in [-0.2, 0) is 13.2 Å². The van der Waals surface area contributed by atoms with E-state index in [-0.39, 0.29) is 24.0 Å². The van der Waals surface area contributed by atoms with Crippen LogP contribution in [0, 0.1) is 24.0 Å². The molecule has 1 amide bonds. The quantitative estimate of drug-likeness (QED) is 0.330. The SMILES string of the molecule is Cc1ccc(OCc2cccc(C(=O)NCCCn3ccc(C)n3)c2)c([N+](=O)[O-])c1. The molecular formula is C22H24N4O4. The number of nitro benzene ring substituents is 1. The lowest BCUT2D eigenvalue weighted by Crippen LogP contribution is -2.25. The highest BCUT2D eigenvalue weighted by Gasteiger charge is 2.15. The van der Waals surface area contributed by atoms with Crippen molar-refractivity contribution in [3.63, 3.8) is 0 Å². The number of hydrogen-bond acceptors (Lipinski definition) is 5. The van der Waals surface area contributed by atoms with Crippen LogP contribution in [0.4, 0.5) is 5.69 Å².